The van der Waals surface area contributed by atoms with Crippen LogP contribution in [0.25, 0.3) is 0 Å². The number of carboxylic acids is 1. The van der Waals surface area contributed by atoms with Crippen LogP contribution >= 0.6 is 12.6 Å². The number of H-pyrrole nitrogens is 1. The lowest BCUT2D eigenvalue weighted by atomic mass is 10.1. The van der Waals surface area contributed by atoms with Crippen molar-refractivity contribution in [2.45, 2.75) is 56.5 Å². The highest BCUT2D eigenvalue weighted by molar-refractivity contribution is 7.80. The van der Waals surface area contributed by atoms with Gasteiger partial charge in [0, 0.05) is 30.6 Å². The summed E-state index contributed by atoms with van der Waals surface area (Å²) in [6.45, 7) is 1.53. The number of amides is 3. The summed E-state index contributed by atoms with van der Waals surface area (Å²) in [6.07, 6.45) is 1.96. The van der Waals surface area contributed by atoms with Crippen LogP contribution in [0.5, 0.6) is 0 Å². The third-order valence-electron chi connectivity index (χ3n) is 4.78. The van der Waals surface area contributed by atoms with Gasteiger partial charge in [0.1, 0.15) is 18.1 Å². The van der Waals surface area contributed by atoms with Gasteiger partial charge in [0.05, 0.1) is 18.5 Å². The van der Waals surface area contributed by atoms with E-state index in [1.54, 1.807) is 0 Å². The SMILES string of the molecule is CC(O)C(NC(=O)C(CS)NC(=O)C(N)CCCN=C(N)N)C(=O)NC(Cc1cnc[nH]1)C(=O)O. The number of guanidine groups is 1. The molecule has 1 heterocycles. The molecule has 5 unspecified atom stereocenters. The summed E-state index contributed by atoms with van der Waals surface area (Å²) >= 11 is 4.05. The molecule has 3 amide bonds. The number of aliphatic carboxylic acids is 1. The fourth-order valence-corrected chi connectivity index (χ4v) is 3.12. The van der Waals surface area contributed by atoms with Gasteiger partial charge >= 0.3 is 5.97 Å². The summed E-state index contributed by atoms with van der Waals surface area (Å²) in [5.74, 6) is -3.92. The number of imidazole rings is 1. The Balaban J connectivity index is 2.74. The molecule has 1 aromatic heterocycles. The van der Waals surface area contributed by atoms with Crippen LogP contribution in [0.15, 0.2) is 17.5 Å². The number of rotatable bonds is 15. The van der Waals surface area contributed by atoms with Crippen LogP contribution in [-0.4, -0.2) is 92.4 Å². The van der Waals surface area contributed by atoms with E-state index >= 15 is 0 Å². The third-order valence-corrected chi connectivity index (χ3v) is 5.14. The Bertz CT molecular complexity index is 876. The molecule has 0 aliphatic carbocycles. The minimum Gasteiger partial charge on any atom is -0.480 e. The second kappa shape index (κ2) is 14.8. The van der Waals surface area contributed by atoms with E-state index in [-0.39, 0.29) is 31.1 Å². The monoisotopic (exact) mass is 515 g/mol. The number of carbonyl (C=O) groups is 4. The molecule has 0 aliphatic rings. The standard InChI is InChI=1S/C19H33N9O6S/c1-9(29)14(17(32)26-12(18(33)34)5-10-6-23-8-25-10)28-16(31)13(7-35)27-15(30)11(20)3-2-4-24-19(21)22/h6,8-9,11-14,29,35H,2-5,7,20H2,1H3,(H,23,25)(H,26,32)(H,27,30)(H,28,31)(H,33,34)(H4,21,22,24). The van der Waals surface area contributed by atoms with Crippen molar-refractivity contribution in [1.29, 1.82) is 0 Å². The number of nitrogens with two attached hydrogens (primary N) is 3. The highest BCUT2D eigenvalue weighted by atomic mass is 32.1. The Kier molecular flexibility index (Phi) is 12.5. The molecule has 16 heteroatoms. The van der Waals surface area contributed by atoms with Crippen LogP contribution in [0.1, 0.15) is 25.5 Å². The molecule has 0 aromatic carbocycles. The van der Waals surface area contributed by atoms with E-state index < -0.39 is 54.0 Å². The number of aromatic nitrogens is 2. The molecular weight excluding hydrogens is 482 g/mol. The van der Waals surface area contributed by atoms with Gasteiger partial charge in [-0.05, 0) is 19.8 Å². The molecule has 0 saturated carbocycles. The fraction of sp³-hybridized carbons (Fsp3) is 0.579. The molecule has 0 saturated heterocycles. The number of carboxylic acid groups (broad SMARTS) is 1. The summed E-state index contributed by atoms with van der Waals surface area (Å²) in [5, 5.41) is 26.5. The van der Waals surface area contributed by atoms with Gasteiger partial charge in [-0.1, -0.05) is 0 Å². The van der Waals surface area contributed by atoms with E-state index in [1.807, 2.05) is 0 Å². The maximum Gasteiger partial charge on any atom is 0.326 e. The highest BCUT2D eigenvalue weighted by Gasteiger charge is 2.32. The number of hydrogen-bond donors (Lipinski definition) is 10. The molecule has 35 heavy (non-hydrogen) atoms. The molecule has 0 radical (unpaired) electrons. The minimum atomic E-state index is -1.50. The lowest BCUT2D eigenvalue weighted by Crippen LogP contribution is -2.60. The smallest absolute Gasteiger partial charge is 0.326 e. The van der Waals surface area contributed by atoms with Crippen LogP contribution in [0, 0.1) is 0 Å². The van der Waals surface area contributed by atoms with Crippen LogP contribution in [0.3, 0.4) is 0 Å². The molecule has 1 rings (SSSR count). The van der Waals surface area contributed by atoms with Crippen molar-refractivity contribution in [3.8, 4) is 0 Å². The van der Waals surface area contributed by atoms with Crippen molar-refractivity contribution in [3.05, 3.63) is 18.2 Å². The molecule has 196 valence electrons. The third kappa shape index (κ3) is 10.6. The molecule has 1 aromatic rings. The van der Waals surface area contributed by atoms with E-state index in [0.29, 0.717) is 12.1 Å². The number of hydrogen-bond acceptors (Lipinski definition) is 9. The average Bonchev–Trinajstić information content (AvgIpc) is 3.30. The number of carbonyl (C=O) groups excluding carboxylic acids is 3. The topological polar surface area (TPSA) is 264 Å². The Morgan fingerprint density at radius 1 is 1.14 bits per heavy atom. The number of nitrogens with one attached hydrogen (secondary N) is 4. The second-order valence-corrected chi connectivity index (χ2v) is 8.07. The van der Waals surface area contributed by atoms with Crippen molar-refractivity contribution in [3.63, 3.8) is 0 Å². The summed E-state index contributed by atoms with van der Waals surface area (Å²) in [7, 11) is 0. The number of thiol groups is 1. The maximum absolute atomic E-state index is 12.7. The number of nitrogens with zero attached hydrogens (tertiary/aromatic N) is 2. The van der Waals surface area contributed by atoms with Gasteiger partial charge in [-0.2, -0.15) is 12.6 Å². The molecular formula is C19H33N9O6S. The first-order valence-corrected chi connectivity index (χ1v) is 11.3. The largest absolute Gasteiger partial charge is 0.480 e. The van der Waals surface area contributed by atoms with Gasteiger partial charge in [-0.25, -0.2) is 9.78 Å². The molecule has 15 nitrogen and oxygen atoms in total. The lowest BCUT2D eigenvalue weighted by molar-refractivity contribution is -0.143. The zero-order valence-corrected chi connectivity index (χ0v) is 20.1. The minimum absolute atomic E-state index is 0.0810. The zero-order valence-electron chi connectivity index (χ0n) is 19.2. The number of aliphatic hydroxyl groups is 1. The molecule has 0 aliphatic heterocycles. The Labute approximate surface area is 207 Å². The number of aromatic amines is 1. The van der Waals surface area contributed by atoms with Gasteiger partial charge < -0.3 is 48.3 Å². The molecule has 0 spiro atoms. The van der Waals surface area contributed by atoms with Crippen LogP contribution < -0.4 is 33.2 Å². The Morgan fingerprint density at radius 3 is 2.31 bits per heavy atom. The first-order valence-electron chi connectivity index (χ1n) is 10.7. The predicted molar refractivity (Wildman–Crippen MR) is 129 cm³/mol. The maximum atomic E-state index is 12.7. The van der Waals surface area contributed by atoms with Crippen molar-refractivity contribution in [2.75, 3.05) is 12.3 Å². The summed E-state index contributed by atoms with van der Waals surface area (Å²) in [6, 6.07) is -4.98. The quantitative estimate of drug-likeness (QED) is 0.0470. The van der Waals surface area contributed by atoms with Crippen LogP contribution in [0.4, 0.5) is 0 Å². The summed E-state index contributed by atoms with van der Waals surface area (Å²) < 4.78 is 0. The Hall–Kier alpha value is -3.37. The van der Waals surface area contributed by atoms with Crippen LogP contribution in [-0.2, 0) is 25.6 Å². The predicted octanol–water partition coefficient (Wildman–Crippen LogP) is -3.82. The highest BCUT2D eigenvalue weighted by Crippen LogP contribution is 2.03. The van der Waals surface area contributed by atoms with Crippen molar-refractivity contribution < 1.29 is 29.4 Å². The molecule has 12 N–H and O–H groups in total. The zero-order chi connectivity index (χ0) is 26.5. The van der Waals surface area contributed by atoms with Gasteiger partial charge in [-0.3, -0.25) is 19.4 Å². The first kappa shape index (κ1) is 29.7. The molecule has 0 fully saturated rings. The summed E-state index contributed by atoms with van der Waals surface area (Å²) in [4.78, 5) is 59.5. The normalized spacial score (nSPS) is 15.1. The first-order chi connectivity index (χ1) is 16.5. The molecule has 5 atom stereocenters. The fourth-order valence-electron chi connectivity index (χ4n) is 2.86. The van der Waals surface area contributed by atoms with Crippen molar-refractivity contribution in [1.82, 2.24) is 25.9 Å². The van der Waals surface area contributed by atoms with E-state index in [1.165, 1.54) is 19.4 Å². The number of aliphatic hydroxyl groups excluding tert-OH is 1. The number of aliphatic imine (C=N–C) groups is 1. The van der Waals surface area contributed by atoms with Gasteiger partial charge in [0.15, 0.2) is 5.96 Å². The van der Waals surface area contributed by atoms with Crippen LogP contribution in [0.2, 0.25) is 0 Å². The van der Waals surface area contributed by atoms with E-state index in [0.717, 1.165) is 0 Å². The Morgan fingerprint density at radius 2 is 1.80 bits per heavy atom. The van der Waals surface area contributed by atoms with Gasteiger partial charge in [-0.15, -0.1) is 0 Å². The summed E-state index contributed by atoms with van der Waals surface area (Å²) in [5.41, 5.74) is 16.7. The lowest BCUT2D eigenvalue weighted by Gasteiger charge is -2.26. The second-order valence-electron chi connectivity index (χ2n) is 7.71. The van der Waals surface area contributed by atoms with E-state index in [2.05, 4.69) is 43.5 Å². The van der Waals surface area contributed by atoms with E-state index in [9.17, 15) is 29.4 Å². The van der Waals surface area contributed by atoms with Crippen molar-refractivity contribution >= 4 is 42.3 Å². The van der Waals surface area contributed by atoms with E-state index in [4.69, 9.17) is 17.2 Å². The van der Waals surface area contributed by atoms with Gasteiger partial charge in [0.2, 0.25) is 17.7 Å². The van der Waals surface area contributed by atoms with Crippen molar-refractivity contribution in [2.24, 2.45) is 22.2 Å². The average molecular weight is 516 g/mol. The van der Waals surface area contributed by atoms with Gasteiger partial charge in [0.25, 0.3) is 0 Å². The molecule has 0 bridgehead atoms.